The van der Waals surface area contributed by atoms with E-state index in [0.29, 0.717) is 17.3 Å². The van der Waals surface area contributed by atoms with E-state index >= 15 is 0 Å². The van der Waals surface area contributed by atoms with Gasteiger partial charge in [0.1, 0.15) is 10.0 Å². The van der Waals surface area contributed by atoms with Crippen molar-refractivity contribution in [2.24, 2.45) is 0 Å². The highest BCUT2D eigenvalue weighted by molar-refractivity contribution is 7.91. The molecule has 1 aliphatic rings. The summed E-state index contributed by atoms with van der Waals surface area (Å²) in [7, 11) is -3.36. The number of imidazole rings is 1. The van der Waals surface area contributed by atoms with Crippen molar-refractivity contribution >= 4 is 21.4 Å². The molecule has 8 heteroatoms. The Hall–Kier alpha value is -2.03. The number of aryl methyl sites for hydroxylation is 1. The van der Waals surface area contributed by atoms with Crippen LogP contribution in [0.1, 0.15) is 24.6 Å². The van der Waals surface area contributed by atoms with E-state index in [9.17, 15) is 8.42 Å². The lowest BCUT2D eigenvalue weighted by Gasteiger charge is -2.33. The smallest absolute Gasteiger partial charge is 0.252 e. The molecule has 0 unspecified atom stereocenters. The Bertz CT molecular complexity index is 974. The summed E-state index contributed by atoms with van der Waals surface area (Å²) in [5.74, 6) is 0.921. The second-order valence-electron chi connectivity index (χ2n) is 6.40. The molecule has 26 heavy (non-hydrogen) atoms. The Kier molecular flexibility index (Phi) is 4.64. The molecule has 4 rings (SSSR count). The minimum atomic E-state index is -3.36. The van der Waals surface area contributed by atoms with Crippen LogP contribution >= 0.6 is 11.3 Å². The largest absolute Gasteiger partial charge is 0.325 e. The summed E-state index contributed by atoms with van der Waals surface area (Å²) >= 11 is 1.27. The van der Waals surface area contributed by atoms with Crippen molar-refractivity contribution in [2.75, 3.05) is 13.1 Å². The number of hydrogen-bond acceptors (Lipinski definition) is 5. The molecule has 0 atom stereocenters. The average Bonchev–Trinajstić information content (AvgIpc) is 3.33. The van der Waals surface area contributed by atoms with Crippen LogP contribution in [0.25, 0.3) is 11.4 Å². The molecule has 136 valence electrons. The molecule has 6 nitrogen and oxygen atoms in total. The first kappa shape index (κ1) is 17.4. The maximum Gasteiger partial charge on any atom is 0.252 e. The van der Waals surface area contributed by atoms with Crippen LogP contribution in [-0.2, 0) is 10.0 Å². The molecule has 0 saturated carbocycles. The predicted molar refractivity (Wildman–Crippen MR) is 102 cm³/mol. The van der Waals surface area contributed by atoms with Gasteiger partial charge in [0.15, 0.2) is 0 Å². The van der Waals surface area contributed by atoms with Gasteiger partial charge in [0.2, 0.25) is 0 Å². The lowest BCUT2D eigenvalue weighted by molar-refractivity contribution is 0.273. The summed E-state index contributed by atoms with van der Waals surface area (Å²) in [5, 5.41) is 1.80. The van der Waals surface area contributed by atoms with E-state index in [1.165, 1.54) is 11.3 Å². The normalized spacial score (nSPS) is 16.8. The molecule has 3 aromatic heterocycles. The molecule has 0 aliphatic carbocycles. The molecular formula is C18H20N4O2S2. The third-order valence-corrected chi connectivity index (χ3v) is 8.07. The SMILES string of the molecule is Cc1cnc(-c2ccncc2)n1C1CCN(S(=O)(=O)c2cccs2)CC1. The van der Waals surface area contributed by atoms with Gasteiger partial charge in [-0.1, -0.05) is 6.07 Å². The molecule has 0 amide bonds. The Morgan fingerprint density at radius 3 is 2.54 bits per heavy atom. The second kappa shape index (κ2) is 6.94. The van der Waals surface area contributed by atoms with Gasteiger partial charge in [-0.05, 0) is 43.3 Å². The van der Waals surface area contributed by atoms with Gasteiger partial charge in [0, 0.05) is 49.0 Å². The van der Waals surface area contributed by atoms with Crippen molar-refractivity contribution in [2.45, 2.75) is 30.0 Å². The third kappa shape index (κ3) is 3.08. The van der Waals surface area contributed by atoms with E-state index in [2.05, 4.69) is 14.5 Å². The lowest BCUT2D eigenvalue weighted by atomic mass is 10.1. The number of thiophene rings is 1. The van der Waals surface area contributed by atoms with Crippen molar-refractivity contribution in [1.29, 1.82) is 0 Å². The zero-order valence-corrected chi connectivity index (χ0v) is 16.1. The summed E-state index contributed by atoms with van der Waals surface area (Å²) in [6.45, 7) is 3.10. The van der Waals surface area contributed by atoms with Crippen LogP contribution in [0.4, 0.5) is 0 Å². The number of hydrogen-bond donors (Lipinski definition) is 0. The zero-order chi connectivity index (χ0) is 18.1. The van der Waals surface area contributed by atoms with Crippen LogP contribution in [0.15, 0.2) is 52.4 Å². The van der Waals surface area contributed by atoms with Gasteiger partial charge in [-0.3, -0.25) is 4.98 Å². The predicted octanol–water partition coefficient (Wildman–Crippen LogP) is 3.34. The van der Waals surface area contributed by atoms with Crippen molar-refractivity contribution < 1.29 is 8.42 Å². The minimum absolute atomic E-state index is 0.246. The van der Waals surface area contributed by atoms with Crippen LogP contribution in [-0.4, -0.2) is 40.3 Å². The Morgan fingerprint density at radius 1 is 1.15 bits per heavy atom. The van der Waals surface area contributed by atoms with Crippen LogP contribution in [0, 0.1) is 6.92 Å². The van der Waals surface area contributed by atoms with Gasteiger partial charge >= 0.3 is 0 Å². The number of sulfonamides is 1. The van der Waals surface area contributed by atoms with Gasteiger partial charge in [0.25, 0.3) is 10.0 Å². The van der Waals surface area contributed by atoms with Crippen LogP contribution in [0.5, 0.6) is 0 Å². The Balaban J connectivity index is 1.56. The van der Waals surface area contributed by atoms with Crippen molar-refractivity contribution in [1.82, 2.24) is 18.8 Å². The fourth-order valence-corrected chi connectivity index (χ4v) is 6.11. The zero-order valence-electron chi connectivity index (χ0n) is 14.4. The lowest BCUT2D eigenvalue weighted by Crippen LogP contribution is -2.39. The third-order valence-electron chi connectivity index (χ3n) is 4.80. The van der Waals surface area contributed by atoms with Crippen LogP contribution < -0.4 is 0 Å². The van der Waals surface area contributed by atoms with E-state index in [4.69, 9.17) is 0 Å². The van der Waals surface area contributed by atoms with Crippen molar-refractivity contribution in [3.05, 3.63) is 53.9 Å². The van der Waals surface area contributed by atoms with E-state index in [1.807, 2.05) is 25.3 Å². The molecule has 1 aliphatic heterocycles. The van der Waals surface area contributed by atoms with Gasteiger partial charge in [0.05, 0.1) is 0 Å². The summed E-state index contributed by atoms with van der Waals surface area (Å²) in [5.41, 5.74) is 2.12. The van der Waals surface area contributed by atoms with Gasteiger partial charge in [-0.15, -0.1) is 11.3 Å². The van der Waals surface area contributed by atoms with Gasteiger partial charge < -0.3 is 4.57 Å². The maximum absolute atomic E-state index is 12.7. The van der Waals surface area contributed by atoms with Crippen LogP contribution in [0.3, 0.4) is 0 Å². The van der Waals surface area contributed by atoms with Crippen LogP contribution in [0.2, 0.25) is 0 Å². The molecule has 0 aromatic carbocycles. The molecule has 0 bridgehead atoms. The number of aromatic nitrogens is 3. The average molecular weight is 389 g/mol. The summed E-state index contributed by atoms with van der Waals surface area (Å²) in [6, 6.07) is 7.60. The Morgan fingerprint density at radius 2 is 1.88 bits per heavy atom. The molecule has 4 heterocycles. The van der Waals surface area contributed by atoms with E-state index in [-0.39, 0.29) is 6.04 Å². The van der Waals surface area contributed by atoms with E-state index < -0.39 is 10.0 Å². The fourth-order valence-electron chi connectivity index (χ4n) is 3.50. The summed E-state index contributed by atoms with van der Waals surface area (Å²) < 4.78 is 29.7. The standard InChI is InChI=1S/C18H20N4O2S2/c1-14-13-20-18(15-4-8-19-9-5-15)22(14)16-6-10-21(11-7-16)26(23,24)17-3-2-12-25-17/h2-5,8-9,12-13,16H,6-7,10-11H2,1H3. The molecule has 0 radical (unpaired) electrons. The monoisotopic (exact) mass is 388 g/mol. The van der Waals surface area contributed by atoms with Crippen molar-refractivity contribution in [3.8, 4) is 11.4 Å². The molecule has 1 fully saturated rings. The number of rotatable bonds is 4. The number of piperidine rings is 1. The first-order chi connectivity index (χ1) is 12.6. The fraction of sp³-hybridized carbons (Fsp3) is 0.333. The highest BCUT2D eigenvalue weighted by atomic mass is 32.2. The molecule has 3 aromatic rings. The number of nitrogens with zero attached hydrogens (tertiary/aromatic N) is 4. The minimum Gasteiger partial charge on any atom is -0.325 e. The van der Waals surface area contributed by atoms with Gasteiger partial charge in [-0.25, -0.2) is 13.4 Å². The maximum atomic E-state index is 12.7. The summed E-state index contributed by atoms with van der Waals surface area (Å²) in [6.07, 6.45) is 6.96. The molecule has 0 N–H and O–H groups in total. The topological polar surface area (TPSA) is 68.1 Å². The van der Waals surface area contributed by atoms with Gasteiger partial charge in [-0.2, -0.15) is 4.31 Å². The molecule has 1 saturated heterocycles. The first-order valence-electron chi connectivity index (χ1n) is 8.55. The van der Waals surface area contributed by atoms with E-state index in [1.54, 1.807) is 34.2 Å². The quantitative estimate of drug-likeness (QED) is 0.687. The van der Waals surface area contributed by atoms with E-state index in [0.717, 1.165) is 29.9 Å². The van der Waals surface area contributed by atoms with Crippen molar-refractivity contribution in [3.63, 3.8) is 0 Å². The highest BCUT2D eigenvalue weighted by Crippen LogP contribution is 2.32. The molecule has 0 spiro atoms. The first-order valence-corrected chi connectivity index (χ1v) is 10.9. The Labute approximate surface area is 157 Å². The second-order valence-corrected chi connectivity index (χ2v) is 9.51. The number of pyridine rings is 1. The summed E-state index contributed by atoms with van der Waals surface area (Å²) in [4.78, 5) is 8.65. The highest BCUT2D eigenvalue weighted by Gasteiger charge is 2.31. The molecular weight excluding hydrogens is 368 g/mol.